The van der Waals surface area contributed by atoms with Crippen molar-refractivity contribution in [2.75, 3.05) is 20.2 Å². The number of halogens is 1. The predicted octanol–water partition coefficient (Wildman–Crippen LogP) is 1.44. The molecule has 2 rings (SSSR count). The third kappa shape index (κ3) is 1.76. The van der Waals surface area contributed by atoms with Crippen molar-refractivity contribution in [1.82, 2.24) is 5.32 Å². The summed E-state index contributed by atoms with van der Waals surface area (Å²) in [6.07, 6.45) is 4.60. The Morgan fingerprint density at radius 1 is 1.25 bits per heavy atom. The predicted molar refractivity (Wildman–Crippen MR) is 51.7 cm³/mol. The lowest BCUT2D eigenvalue weighted by atomic mass is 9.79. The fraction of sp³-hybridized carbons (Fsp3) is 1.00. The van der Waals surface area contributed by atoms with Crippen LogP contribution >= 0.6 is 12.4 Å². The van der Waals surface area contributed by atoms with E-state index in [9.17, 15) is 0 Å². The van der Waals surface area contributed by atoms with Gasteiger partial charge in [-0.05, 0) is 25.3 Å². The first kappa shape index (κ1) is 10.3. The van der Waals surface area contributed by atoms with E-state index in [2.05, 4.69) is 5.32 Å². The lowest BCUT2D eigenvalue weighted by Crippen LogP contribution is -2.32. The van der Waals surface area contributed by atoms with Gasteiger partial charge in [0.15, 0.2) is 0 Å². The molecule has 1 saturated carbocycles. The SMILES string of the molecule is COC1CCCC2CNCC21.Cl. The molecule has 0 aromatic rings. The second kappa shape index (κ2) is 4.45. The summed E-state index contributed by atoms with van der Waals surface area (Å²) in [6, 6.07) is 0. The van der Waals surface area contributed by atoms with Gasteiger partial charge in [-0.2, -0.15) is 0 Å². The minimum Gasteiger partial charge on any atom is -0.381 e. The van der Waals surface area contributed by atoms with Gasteiger partial charge in [0.25, 0.3) is 0 Å². The van der Waals surface area contributed by atoms with E-state index < -0.39 is 0 Å². The number of methoxy groups -OCH3 is 1. The van der Waals surface area contributed by atoms with Crippen LogP contribution in [0.15, 0.2) is 0 Å². The van der Waals surface area contributed by atoms with Gasteiger partial charge in [-0.15, -0.1) is 12.4 Å². The van der Waals surface area contributed by atoms with Crippen molar-refractivity contribution in [3.05, 3.63) is 0 Å². The summed E-state index contributed by atoms with van der Waals surface area (Å²) in [4.78, 5) is 0. The molecule has 3 heteroatoms. The van der Waals surface area contributed by atoms with Crippen LogP contribution in [0.2, 0.25) is 0 Å². The second-order valence-corrected chi connectivity index (χ2v) is 3.79. The van der Waals surface area contributed by atoms with Crippen molar-refractivity contribution in [2.24, 2.45) is 11.8 Å². The maximum atomic E-state index is 5.47. The lowest BCUT2D eigenvalue weighted by molar-refractivity contribution is 0.0138. The molecule has 1 heterocycles. The highest BCUT2D eigenvalue weighted by Gasteiger charge is 2.36. The highest BCUT2D eigenvalue weighted by Crippen LogP contribution is 2.33. The highest BCUT2D eigenvalue weighted by atomic mass is 35.5. The Balaban J connectivity index is 0.000000720. The van der Waals surface area contributed by atoms with Crippen molar-refractivity contribution in [3.63, 3.8) is 0 Å². The first-order valence-electron chi connectivity index (χ1n) is 4.65. The zero-order valence-corrected chi connectivity index (χ0v) is 8.40. The van der Waals surface area contributed by atoms with Gasteiger partial charge in [-0.25, -0.2) is 0 Å². The minimum absolute atomic E-state index is 0. The van der Waals surface area contributed by atoms with Gasteiger partial charge in [-0.1, -0.05) is 6.42 Å². The molecule has 2 fully saturated rings. The lowest BCUT2D eigenvalue weighted by Gasteiger charge is -2.31. The molecule has 3 atom stereocenters. The van der Waals surface area contributed by atoms with E-state index >= 15 is 0 Å². The monoisotopic (exact) mass is 191 g/mol. The van der Waals surface area contributed by atoms with Gasteiger partial charge >= 0.3 is 0 Å². The molecule has 1 saturated heterocycles. The van der Waals surface area contributed by atoms with Crippen LogP contribution < -0.4 is 5.32 Å². The Hall–Kier alpha value is 0.210. The Bertz CT molecular complexity index is 142. The molecular formula is C9H18ClNO. The van der Waals surface area contributed by atoms with Gasteiger partial charge in [-0.3, -0.25) is 0 Å². The molecule has 0 amide bonds. The zero-order valence-electron chi connectivity index (χ0n) is 7.58. The molecule has 0 aromatic heterocycles. The number of hydrogen-bond donors (Lipinski definition) is 1. The van der Waals surface area contributed by atoms with E-state index in [0.29, 0.717) is 6.10 Å². The van der Waals surface area contributed by atoms with Crippen LogP contribution in [-0.4, -0.2) is 26.3 Å². The van der Waals surface area contributed by atoms with Crippen LogP contribution in [0.1, 0.15) is 19.3 Å². The van der Waals surface area contributed by atoms with Crippen molar-refractivity contribution in [1.29, 1.82) is 0 Å². The van der Waals surface area contributed by atoms with Gasteiger partial charge in [0.2, 0.25) is 0 Å². The molecule has 0 aromatic carbocycles. The van der Waals surface area contributed by atoms with E-state index in [1.165, 1.54) is 32.4 Å². The molecule has 72 valence electrons. The second-order valence-electron chi connectivity index (χ2n) is 3.79. The molecule has 1 aliphatic carbocycles. The molecule has 0 radical (unpaired) electrons. The normalized spacial score (nSPS) is 40.2. The standard InChI is InChI=1S/C9H17NO.ClH/c1-11-9-4-2-3-7-5-10-6-8(7)9;/h7-10H,2-6H2,1H3;1H. The van der Waals surface area contributed by atoms with Crippen LogP contribution in [0.4, 0.5) is 0 Å². The summed E-state index contributed by atoms with van der Waals surface area (Å²) in [6.45, 7) is 2.41. The average molecular weight is 192 g/mol. The largest absolute Gasteiger partial charge is 0.381 e. The Labute approximate surface area is 80.5 Å². The fourth-order valence-electron chi connectivity index (χ4n) is 2.59. The van der Waals surface area contributed by atoms with Gasteiger partial charge in [0.1, 0.15) is 0 Å². The third-order valence-corrected chi connectivity index (χ3v) is 3.24. The van der Waals surface area contributed by atoms with Crippen LogP contribution in [0.5, 0.6) is 0 Å². The Kier molecular flexibility index (Phi) is 3.81. The molecule has 3 unspecified atom stereocenters. The van der Waals surface area contributed by atoms with Crippen molar-refractivity contribution in [3.8, 4) is 0 Å². The Morgan fingerprint density at radius 3 is 2.83 bits per heavy atom. The first-order chi connectivity index (χ1) is 5.42. The van der Waals surface area contributed by atoms with Gasteiger partial charge < -0.3 is 10.1 Å². The number of rotatable bonds is 1. The molecule has 1 N–H and O–H groups in total. The van der Waals surface area contributed by atoms with Crippen LogP contribution in [-0.2, 0) is 4.74 Å². The summed E-state index contributed by atoms with van der Waals surface area (Å²) >= 11 is 0. The minimum atomic E-state index is 0. The fourth-order valence-corrected chi connectivity index (χ4v) is 2.59. The molecule has 0 spiro atoms. The molecule has 0 bridgehead atoms. The zero-order chi connectivity index (χ0) is 7.68. The smallest absolute Gasteiger partial charge is 0.0614 e. The van der Waals surface area contributed by atoms with E-state index in [-0.39, 0.29) is 12.4 Å². The summed E-state index contributed by atoms with van der Waals surface area (Å²) in [7, 11) is 1.85. The summed E-state index contributed by atoms with van der Waals surface area (Å²) < 4.78 is 5.47. The first-order valence-corrected chi connectivity index (χ1v) is 4.65. The third-order valence-electron chi connectivity index (χ3n) is 3.24. The van der Waals surface area contributed by atoms with Crippen molar-refractivity contribution in [2.45, 2.75) is 25.4 Å². The molecule has 2 aliphatic rings. The quantitative estimate of drug-likeness (QED) is 0.678. The van der Waals surface area contributed by atoms with E-state index in [1.807, 2.05) is 7.11 Å². The van der Waals surface area contributed by atoms with Crippen LogP contribution in [0, 0.1) is 11.8 Å². The van der Waals surface area contributed by atoms with E-state index in [4.69, 9.17) is 4.74 Å². The molecule has 12 heavy (non-hydrogen) atoms. The number of hydrogen-bond acceptors (Lipinski definition) is 2. The summed E-state index contributed by atoms with van der Waals surface area (Å²) in [5.41, 5.74) is 0. The van der Waals surface area contributed by atoms with E-state index in [1.54, 1.807) is 0 Å². The van der Waals surface area contributed by atoms with Gasteiger partial charge in [0, 0.05) is 19.6 Å². The van der Waals surface area contributed by atoms with Crippen LogP contribution in [0.3, 0.4) is 0 Å². The Morgan fingerprint density at radius 2 is 2.08 bits per heavy atom. The van der Waals surface area contributed by atoms with Crippen molar-refractivity contribution >= 4 is 12.4 Å². The topological polar surface area (TPSA) is 21.3 Å². The van der Waals surface area contributed by atoms with Crippen LogP contribution in [0.25, 0.3) is 0 Å². The van der Waals surface area contributed by atoms with Crippen molar-refractivity contribution < 1.29 is 4.74 Å². The number of fused-ring (bicyclic) bond motifs is 1. The number of ether oxygens (including phenoxy) is 1. The highest BCUT2D eigenvalue weighted by molar-refractivity contribution is 5.85. The maximum Gasteiger partial charge on any atom is 0.0614 e. The summed E-state index contributed by atoms with van der Waals surface area (Å²) in [5, 5.41) is 3.45. The van der Waals surface area contributed by atoms with Gasteiger partial charge in [0.05, 0.1) is 6.10 Å². The maximum absolute atomic E-state index is 5.47. The number of nitrogens with one attached hydrogen (secondary N) is 1. The summed E-state index contributed by atoms with van der Waals surface area (Å²) in [5.74, 6) is 1.72. The van der Waals surface area contributed by atoms with E-state index in [0.717, 1.165) is 11.8 Å². The molecule has 1 aliphatic heterocycles. The molecule has 2 nitrogen and oxygen atoms in total. The average Bonchev–Trinajstić information content (AvgIpc) is 2.50. The molecular weight excluding hydrogens is 174 g/mol.